The molecular formula is C47H52FN5O7S. The van der Waals surface area contributed by atoms with Crippen LogP contribution in [0.2, 0.25) is 0 Å². The lowest BCUT2D eigenvalue weighted by Crippen LogP contribution is -2.48. The predicted octanol–water partition coefficient (Wildman–Crippen LogP) is 7.89. The Labute approximate surface area is 355 Å². The van der Waals surface area contributed by atoms with Gasteiger partial charge in [0.2, 0.25) is 27.4 Å². The van der Waals surface area contributed by atoms with Crippen LogP contribution in [0.3, 0.4) is 0 Å². The van der Waals surface area contributed by atoms with E-state index >= 15 is 0 Å². The Kier molecular flexibility index (Phi) is 10.7. The quantitative estimate of drug-likeness (QED) is 0.115. The van der Waals surface area contributed by atoms with Gasteiger partial charge in [-0.25, -0.2) is 17.8 Å². The molecule has 61 heavy (non-hydrogen) atoms. The van der Waals surface area contributed by atoms with Gasteiger partial charge in [0.15, 0.2) is 17.2 Å². The van der Waals surface area contributed by atoms with Crippen molar-refractivity contribution in [1.82, 2.24) is 24.6 Å². The normalized spacial score (nSPS) is 22.3. The maximum absolute atomic E-state index is 15.0. The Morgan fingerprint density at radius 1 is 1.02 bits per heavy atom. The number of hydrogen-bond acceptors (Lipinski definition) is 10. The molecule has 2 aliphatic carbocycles. The first kappa shape index (κ1) is 42.2. The van der Waals surface area contributed by atoms with Gasteiger partial charge in [-0.2, -0.15) is 4.98 Å². The van der Waals surface area contributed by atoms with Crippen LogP contribution in [0.1, 0.15) is 84.8 Å². The van der Waals surface area contributed by atoms with E-state index in [1.54, 1.807) is 36.5 Å². The number of allylic oxidation sites excluding steroid dienone is 1. The summed E-state index contributed by atoms with van der Waals surface area (Å²) >= 11 is 0. The second-order valence-electron chi connectivity index (χ2n) is 19.1. The van der Waals surface area contributed by atoms with Crippen molar-refractivity contribution >= 4 is 49.8 Å². The molecule has 1 N–H and O–H groups in total. The summed E-state index contributed by atoms with van der Waals surface area (Å²) in [4.78, 5) is 59.3. The summed E-state index contributed by atoms with van der Waals surface area (Å²) < 4.78 is 54.9. The molecule has 2 saturated carbocycles. The van der Waals surface area contributed by atoms with Crippen molar-refractivity contribution in [2.24, 2.45) is 22.7 Å². The summed E-state index contributed by atoms with van der Waals surface area (Å²) in [5.74, 6) is -2.36. The van der Waals surface area contributed by atoms with E-state index in [9.17, 15) is 27.2 Å². The Morgan fingerprint density at radius 3 is 2.34 bits per heavy atom. The highest BCUT2D eigenvalue weighted by molar-refractivity contribution is 7.90. The molecule has 3 fully saturated rings. The summed E-state index contributed by atoms with van der Waals surface area (Å²) in [5.41, 5.74) is 2.37. The van der Waals surface area contributed by atoms with Crippen LogP contribution in [0.25, 0.3) is 33.6 Å². The number of pyridine rings is 1. The molecule has 1 aliphatic heterocycles. The number of carbonyl (C=O) groups is 3. The zero-order chi connectivity index (χ0) is 43.6. The third-order valence-electron chi connectivity index (χ3n) is 12.5. The molecule has 3 aromatic heterocycles. The maximum atomic E-state index is 15.0. The van der Waals surface area contributed by atoms with Gasteiger partial charge >= 0.3 is 0 Å². The van der Waals surface area contributed by atoms with E-state index in [1.165, 1.54) is 17.0 Å². The fourth-order valence-corrected chi connectivity index (χ4v) is 9.87. The van der Waals surface area contributed by atoms with Crippen molar-refractivity contribution < 1.29 is 36.3 Å². The Morgan fingerprint density at radius 2 is 1.72 bits per heavy atom. The number of hydrogen-bond donors (Lipinski definition) is 1. The molecule has 2 amide bonds. The summed E-state index contributed by atoms with van der Waals surface area (Å²) in [6.45, 7) is 16.1. The first-order chi connectivity index (χ1) is 28.8. The fourth-order valence-electron chi connectivity index (χ4n) is 8.49. The van der Waals surface area contributed by atoms with Crippen LogP contribution in [-0.2, 0) is 36.2 Å². The van der Waals surface area contributed by atoms with Gasteiger partial charge in [0.1, 0.15) is 23.0 Å². The molecular weight excluding hydrogens is 798 g/mol. The minimum Gasteiger partial charge on any atom is -0.470 e. The topological polar surface area (TPSA) is 162 Å². The molecule has 8 rings (SSSR count). The molecule has 12 nitrogen and oxygen atoms in total. The number of ether oxygens (including phenoxy) is 1. The van der Waals surface area contributed by atoms with Crippen molar-refractivity contribution in [1.29, 1.82) is 0 Å². The molecule has 0 spiro atoms. The molecule has 2 aromatic carbocycles. The lowest BCUT2D eigenvalue weighted by Gasteiger charge is -2.35. The van der Waals surface area contributed by atoms with Gasteiger partial charge in [0.25, 0.3) is 5.88 Å². The largest absolute Gasteiger partial charge is 0.470 e. The number of Topliss-reactive ketones (excluding diaryl/α,β-unsaturated/α-hetero) is 1. The maximum Gasteiger partial charge on any atom is 0.262 e. The smallest absolute Gasteiger partial charge is 0.262 e. The number of amides is 2. The molecule has 0 unspecified atom stereocenters. The molecule has 0 bridgehead atoms. The minimum absolute atomic E-state index is 0.00493. The third-order valence-corrected chi connectivity index (χ3v) is 14.3. The van der Waals surface area contributed by atoms with E-state index < -0.39 is 67.6 Å². The van der Waals surface area contributed by atoms with Crippen molar-refractivity contribution in [2.45, 2.75) is 103 Å². The van der Waals surface area contributed by atoms with Gasteiger partial charge in [0.05, 0.1) is 23.3 Å². The highest BCUT2D eigenvalue weighted by Crippen LogP contribution is 2.57. The number of halogens is 1. The van der Waals surface area contributed by atoms with Crippen LogP contribution in [0.5, 0.6) is 5.88 Å². The molecule has 14 heteroatoms. The summed E-state index contributed by atoms with van der Waals surface area (Å²) in [6.07, 6.45) is 3.72. The predicted molar refractivity (Wildman–Crippen MR) is 229 cm³/mol. The number of sulfonamides is 1. The Hall–Kier alpha value is -5.50. The summed E-state index contributed by atoms with van der Waals surface area (Å²) in [5, 5.41) is -0.624. The zero-order valence-electron chi connectivity index (χ0n) is 35.4. The lowest BCUT2D eigenvalue weighted by atomic mass is 9.76. The molecule has 0 radical (unpaired) electrons. The van der Waals surface area contributed by atoms with Crippen LogP contribution < -0.4 is 9.46 Å². The van der Waals surface area contributed by atoms with Crippen LogP contribution >= 0.6 is 0 Å². The second kappa shape index (κ2) is 15.4. The van der Waals surface area contributed by atoms with Crippen LogP contribution in [0.4, 0.5) is 4.39 Å². The van der Waals surface area contributed by atoms with E-state index in [0.717, 1.165) is 16.7 Å². The highest BCUT2D eigenvalue weighted by atomic mass is 32.2. The zero-order valence-corrected chi connectivity index (χ0v) is 36.2. The van der Waals surface area contributed by atoms with E-state index in [2.05, 4.69) is 37.1 Å². The molecule has 3 aliphatic rings. The number of fused-ring (bicyclic) bond motifs is 3. The number of nitrogens with zero attached hydrogens (tertiary/aromatic N) is 4. The van der Waals surface area contributed by atoms with Gasteiger partial charge in [-0.3, -0.25) is 24.1 Å². The first-order valence-corrected chi connectivity index (χ1v) is 22.4. The SMILES string of the molecule is C=C[C@@H]1C[C@]1(CC(=O)[C@@H]1C[C@@H](Oc2nc(-c3ccc(C(C)(C)C)cc3)nc3c2oc2cccnc23)CN1C(=O)[C@@H](Cc1ccc(F)cc1)C(C)(C)C)C(=O)NS(=O)(=O)C1CC1. The Bertz CT molecular complexity index is 2650. The number of aromatic nitrogens is 3. The molecule has 1 saturated heterocycles. The van der Waals surface area contributed by atoms with E-state index in [0.29, 0.717) is 35.3 Å². The van der Waals surface area contributed by atoms with Crippen LogP contribution in [0.15, 0.2) is 83.9 Å². The number of ketones is 1. The Balaban J connectivity index is 1.15. The number of benzene rings is 2. The standard InChI is InChI=1S/C47H52FN5O7S/c1-8-29-24-47(29,44(56)52-61(57,58)33-19-20-33)25-36(54)35-23-32(26-53(35)43(55)34(46(5,6)7)22-27-11-17-31(48)18-12-27)59-42-40-39(38-37(60-40)10-9-21-49-38)50-41(51-42)28-13-15-30(16-14-28)45(2,3)4/h8-18,21,29,32-35H,1,19-20,22-26H2,2-7H3,(H,52,56)/t29-,32-,34-,35+,47-/m1/s1. The van der Waals surface area contributed by atoms with Crippen molar-refractivity contribution in [3.63, 3.8) is 0 Å². The van der Waals surface area contributed by atoms with Crippen molar-refractivity contribution in [3.8, 4) is 17.3 Å². The summed E-state index contributed by atoms with van der Waals surface area (Å²) in [6, 6.07) is 16.5. The van der Waals surface area contributed by atoms with Gasteiger partial charge in [-0.15, -0.1) is 6.58 Å². The third kappa shape index (κ3) is 8.43. The van der Waals surface area contributed by atoms with Gasteiger partial charge in [-0.1, -0.05) is 84.0 Å². The molecule has 5 atom stereocenters. The number of rotatable bonds is 13. The second-order valence-corrected chi connectivity index (χ2v) is 21.0. The van der Waals surface area contributed by atoms with Gasteiger partial charge < -0.3 is 14.1 Å². The lowest BCUT2D eigenvalue weighted by molar-refractivity contribution is -0.144. The first-order valence-electron chi connectivity index (χ1n) is 20.9. The molecule has 4 heterocycles. The molecule has 5 aromatic rings. The fraction of sp³-hybridized carbons (Fsp3) is 0.447. The van der Waals surface area contributed by atoms with Gasteiger partial charge in [-0.05, 0) is 77.8 Å². The van der Waals surface area contributed by atoms with E-state index in [4.69, 9.17) is 19.1 Å². The van der Waals surface area contributed by atoms with Crippen LogP contribution in [0, 0.1) is 28.5 Å². The number of furan rings is 1. The average Bonchev–Trinajstić information content (AvgIpc) is 4.11. The monoisotopic (exact) mass is 849 g/mol. The number of nitrogens with one attached hydrogen (secondary N) is 1. The number of carbonyl (C=O) groups excluding carboxylic acids is 3. The average molecular weight is 850 g/mol. The minimum atomic E-state index is -3.88. The molecule has 320 valence electrons. The summed E-state index contributed by atoms with van der Waals surface area (Å²) in [7, 11) is -3.88. The van der Waals surface area contributed by atoms with Crippen molar-refractivity contribution in [3.05, 3.63) is 96.5 Å². The number of likely N-dealkylation sites (tertiary alicyclic amines) is 1. The highest BCUT2D eigenvalue weighted by Gasteiger charge is 2.61. The van der Waals surface area contributed by atoms with Gasteiger partial charge in [0, 0.05) is 30.5 Å². The van der Waals surface area contributed by atoms with Crippen molar-refractivity contribution in [2.75, 3.05) is 6.54 Å². The van der Waals surface area contributed by atoms with E-state index in [1.807, 2.05) is 45.0 Å². The van der Waals surface area contributed by atoms with E-state index in [-0.39, 0.29) is 55.0 Å². The van der Waals surface area contributed by atoms with Crippen LogP contribution in [-0.4, -0.2) is 69.8 Å².